The lowest BCUT2D eigenvalue weighted by Gasteiger charge is -2.34. The molecule has 2 fully saturated rings. The van der Waals surface area contributed by atoms with Gasteiger partial charge in [0.2, 0.25) is 5.91 Å². The van der Waals surface area contributed by atoms with Crippen LogP contribution in [-0.2, 0) is 9.53 Å². The highest BCUT2D eigenvalue weighted by molar-refractivity contribution is 5.79. The van der Waals surface area contributed by atoms with Crippen LogP contribution in [0.2, 0.25) is 0 Å². The number of rotatable bonds is 4. The lowest BCUT2D eigenvalue weighted by molar-refractivity contribution is -0.137. The third-order valence-electron chi connectivity index (χ3n) is 4.28. The van der Waals surface area contributed by atoms with Crippen LogP contribution < -0.4 is 5.32 Å². The fourth-order valence-corrected chi connectivity index (χ4v) is 3.10. The number of nitrogens with one attached hydrogen (secondary N) is 1. The quantitative estimate of drug-likeness (QED) is 0.845. The van der Waals surface area contributed by atoms with E-state index in [1.165, 1.54) is 19.3 Å². The molecule has 2 heterocycles. The molecule has 2 aliphatic rings. The van der Waals surface area contributed by atoms with Crippen molar-refractivity contribution in [3.63, 3.8) is 0 Å². The number of hydrogen-bond acceptors (Lipinski definition) is 3. The van der Waals surface area contributed by atoms with Crippen molar-refractivity contribution in [3.8, 4) is 0 Å². The second-order valence-corrected chi connectivity index (χ2v) is 6.31. The van der Waals surface area contributed by atoms with Crippen LogP contribution in [0.5, 0.6) is 0 Å². The Morgan fingerprint density at radius 3 is 2.74 bits per heavy atom. The Morgan fingerprint density at radius 1 is 1.42 bits per heavy atom. The number of hydrogen-bond donors (Lipinski definition) is 1. The third-order valence-corrected chi connectivity index (χ3v) is 4.28. The average Bonchev–Trinajstić information content (AvgIpc) is 2.83. The smallest absolute Gasteiger partial charge is 0.228 e. The first-order valence-electron chi connectivity index (χ1n) is 7.73. The van der Waals surface area contributed by atoms with Crippen LogP contribution in [-0.4, -0.2) is 48.7 Å². The van der Waals surface area contributed by atoms with Gasteiger partial charge in [-0.3, -0.25) is 4.79 Å². The molecule has 2 rings (SSSR count). The van der Waals surface area contributed by atoms with Crippen molar-refractivity contribution in [1.29, 1.82) is 0 Å². The zero-order valence-corrected chi connectivity index (χ0v) is 12.5. The van der Waals surface area contributed by atoms with Crippen molar-refractivity contribution in [2.75, 3.05) is 19.7 Å². The number of carbonyl (C=O) groups excluding carboxylic acids is 1. The van der Waals surface area contributed by atoms with Gasteiger partial charge in [-0.15, -0.1) is 0 Å². The zero-order valence-electron chi connectivity index (χ0n) is 12.5. The second-order valence-electron chi connectivity index (χ2n) is 6.31. The van der Waals surface area contributed by atoms with Crippen molar-refractivity contribution >= 4 is 5.91 Å². The van der Waals surface area contributed by atoms with Gasteiger partial charge in [0.15, 0.2) is 0 Å². The molecule has 4 heteroatoms. The Kier molecular flexibility index (Phi) is 5.22. The maximum atomic E-state index is 12.6. The molecular weight excluding hydrogens is 240 g/mol. The van der Waals surface area contributed by atoms with Crippen molar-refractivity contribution in [2.45, 2.75) is 64.6 Å². The highest BCUT2D eigenvalue weighted by Gasteiger charge is 2.33. The van der Waals surface area contributed by atoms with Crippen LogP contribution in [0.15, 0.2) is 0 Å². The number of carbonyl (C=O) groups is 1. The van der Waals surface area contributed by atoms with E-state index >= 15 is 0 Å². The standard InChI is InChI=1S/C15H28N2O2/c1-11(2)17(9-14-6-4-5-7-16-14)15(18)13-8-12(3)19-10-13/h11-14,16H,4-10H2,1-3H3. The van der Waals surface area contributed by atoms with Gasteiger partial charge in [-0.1, -0.05) is 6.42 Å². The first kappa shape index (κ1) is 14.8. The molecule has 1 N–H and O–H groups in total. The SMILES string of the molecule is CC1CC(C(=O)N(CC2CCCCN2)C(C)C)CO1. The van der Waals surface area contributed by atoms with E-state index in [2.05, 4.69) is 31.0 Å². The largest absolute Gasteiger partial charge is 0.378 e. The molecular formula is C15H28N2O2. The lowest BCUT2D eigenvalue weighted by atomic mass is 10.0. The Labute approximate surface area is 116 Å². The molecule has 2 aliphatic heterocycles. The Hall–Kier alpha value is -0.610. The monoisotopic (exact) mass is 268 g/mol. The number of ether oxygens (including phenoxy) is 1. The summed E-state index contributed by atoms with van der Waals surface area (Å²) in [7, 11) is 0. The van der Waals surface area contributed by atoms with E-state index in [1.54, 1.807) is 0 Å². The van der Waals surface area contributed by atoms with Crippen molar-refractivity contribution in [1.82, 2.24) is 10.2 Å². The van der Waals surface area contributed by atoms with Crippen LogP contribution in [0.4, 0.5) is 0 Å². The van der Waals surface area contributed by atoms with Gasteiger partial charge in [-0.25, -0.2) is 0 Å². The van der Waals surface area contributed by atoms with Gasteiger partial charge in [-0.05, 0) is 46.6 Å². The summed E-state index contributed by atoms with van der Waals surface area (Å²) in [6.45, 7) is 8.81. The minimum Gasteiger partial charge on any atom is -0.378 e. The molecule has 0 aromatic carbocycles. The van der Waals surface area contributed by atoms with Gasteiger partial charge in [-0.2, -0.15) is 0 Å². The average molecular weight is 268 g/mol. The van der Waals surface area contributed by atoms with Crippen LogP contribution >= 0.6 is 0 Å². The highest BCUT2D eigenvalue weighted by Crippen LogP contribution is 2.23. The van der Waals surface area contributed by atoms with Gasteiger partial charge in [0.05, 0.1) is 18.6 Å². The molecule has 3 atom stereocenters. The zero-order chi connectivity index (χ0) is 13.8. The molecule has 0 radical (unpaired) electrons. The highest BCUT2D eigenvalue weighted by atomic mass is 16.5. The van der Waals surface area contributed by atoms with E-state index in [1.807, 2.05) is 0 Å². The summed E-state index contributed by atoms with van der Waals surface area (Å²) < 4.78 is 5.54. The van der Waals surface area contributed by atoms with Gasteiger partial charge in [0, 0.05) is 18.6 Å². The summed E-state index contributed by atoms with van der Waals surface area (Å²) >= 11 is 0. The topological polar surface area (TPSA) is 41.6 Å². The third kappa shape index (κ3) is 3.93. The Morgan fingerprint density at radius 2 is 2.21 bits per heavy atom. The first-order chi connectivity index (χ1) is 9.08. The molecule has 4 nitrogen and oxygen atoms in total. The summed E-state index contributed by atoms with van der Waals surface area (Å²) in [6, 6.07) is 0.743. The summed E-state index contributed by atoms with van der Waals surface area (Å²) in [6.07, 6.45) is 4.84. The number of amides is 1. The molecule has 0 spiro atoms. The predicted octanol–water partition coefficient (Wildman–Crippen LogP) is 1.79. The van der Waals surface area contributed by atoms with E-state index in [4.69, 9.17) is 4.74 Å². The molecule has 1 amide bonds. The molecule has 110 valence electrons. The summed E-state index contributed by atoms with van der Waals surface area (Å²) in [5, 5.41) is 3.53. The Bertz CT molecular complexity index is 301. The van der Waals surface area contributed by atoms with Gasteiger partial charge in [0.25, 0.3) is 0 Å². The molecule has 0 aliphatic carbocycles. The number of nitrogens with zero attached hydrogens (tertiary/aromatic N) is 1. The molecule has 0 saturated carbocycles. The van der Waals surface area contributed by atoms with Crippen LogP contribution in [0.1, 0.15) is 46.5 Å². The Balaban J connectivity index is 1.92. The van der Waals surface area contributed by atoms with Gasteiger partial charge < -0.3 is 15.0 Å². The van der Waals surface area contributed by atoms with Crippen LogP contribution in [0, 0.1) is 5.92 Å². The fourth-order valence-electron chi connectivity index (χ4n) is 3.10. The summed E-state index contributed by atoms with van der Waals surface area (Å²) in [5.74, 6) is 0.354. The lowest BCUT2D eigenvalue weighted by Crippen LogP contribution is -2.50. The first-order valence-corrected chi connectivity index (χ1v) is 7.73. The maximum absolute atomic E-state index is 12.6. The molecule has 2 saturated heterocycles. The molecule has 19 heavy (non-hydrogen) atoms. The van der Waals surface area contributed by atoms with E-state index < -0.39 is 0 Å². The molecule has 0 aromatic rings. The van der Waals surface area contributed by atoms with Crippen LogP contribution in [0.3, 0.4) is 0 Å². The minimum atomic E-state index is 0.0704. The predicted molar refractivity (Wildman–Crippen MR) is 76.0 cm³/mol. The summed E-state index contributed by atoms with van der Waals surface area (Å²) in [5.41, 5.74) is 0. The fraction of sp³-hybridized carbons (Fsp3) is 0.933. The van der Waals surface area contributed by atoms with E-state index in [0.717, 1.165) is 19.5 Å². The maximum Gasteiger partial charge on any atom is 0.228 e. The van der Waals surface area contributed by atoms with E-state index in [0.29, 0.717) is 12.6 Å². The second kappa shape index (κ2) is 6.71. The van der Waals surface area contributed by atoms with E-state index in [-0.39, 0.29) is 24.0 Å². The molecule has 0 bridgehead atoms. The van der Waals surface area contributed by atoms with Crippen LogP contribution in [0.25, 0.3) is 0 Å². The van der Waals surface area contributed by atoms with Crippen molar-refractivity contribution in [2.24, 2.45) is 5.92 Å². The summed E-state index contributed by atoms with van der Waals surface area (Å²) in [4.78, 5) is 14.7. The minimum absolute atomic E-state index is 0.0704. The van der Waals surface area contributed by atoms with E-state index in [9.17, 15) is 4.79 Å². The molecule has 3 unspecified atom stereocenters. The molecule has 0 aromatic heterocycles. The number of piperidine rings is 1. The van der Waals surface area contributed by atoms with Gasteiger partial charge in [0.1, 0.15) is 0 Å². The normalized spacial score (nSPS) is 31.7. The van der Waals surface area contributed by atoms with Crippen molar-refractivity contribution < 1.29 is 9.53 Å². The van der Waals surface area contributed by atoms with Gasteiger partial charge >= 0.3 is 0 Å². The van der Waals surface area contributed by atoms with Crippen molar-refractivity contribution in [3.05, 3.63) is 0 Å².